The van der Waals surface area contributed by atoms with Crippen LogP contribution < -0.4 is 0 Å². The molecule has 1 aromatic carbocycles. The molecular weight excluding hydrogens is 260 g/mol. The summed E-state index contributed by atoms with van der Waals surface area (Å²) in [4.78, 5) is 17.6. The van der Waals surface area contributed by atoms with E-state index in [1.54, 1.807) is 6.92 Å². The van der Waals surface area contributed by atoms with E-state index in [1.807, 2.05) is 4.90 Å². The van der Waals surface area contributed by atoms with Crippen LogP contribution in [0.3, 0.4) is 0 Å². The molecule has 1 N–H and O–H groups in total. The predicted molar refractivity (Wildman–Crippen MR) is 86.3 cm³/mol. The minimum Gasteiger partial charge on any atom is -0.356 e. The Bertz CT molecular complexity index is 644. The molecule has 0 saturated carbocycles. The summed E-state index contributed by atoms with van der Waals surface area (Å²) in [5.41, 5.74) is 3.90. The molecule has 2 aromatic rings. The number of fused-ring (bicyclic) bond motifs is 3. The van der Waals surface area contributed by atoms with Crippen molar-refractivity contribution < 1.29 is 4.79 Å². The van der Waals surface area contributed by atoms with E-state index in [9.17, 15) is 4.79 Å². The van der Waals surface area contributed by atoms with E-state index in [-0.39, 0.29) is 11.9 Å². The number of hydrogen-bond acceptors (Lipinski definition) is 1. The second-order valence-corrected chi connectivity index (χ2v) is 6.04. The van der Waals surface area contributed by atoms with Crippen LogP contribution in [0.4, 0.5) is 0 Å². The zero-order valence-electron chi connectivity index (χ0n) is 13.0. The Morgan fingerprint density at radius 3 is 2.90 bits per heavy atom. The number of carbonyl (C=O) groups is 1. The lowest BCUT2D eigenvalue weighted by Gasteiger charge is -2.35. The number of H-pyrrole nitrogens is 1. The van der Waals surface area contributed by atoms with Crippen LogP contribution in [-0.4, -0.2) is 22.3 Å². The summed E-state index contributed by atoms with van der Waals surface area (Å²) >= 11 is 0. The zero-order chi connectivity index (χ0) is 14.8. The minimum absolute atomic E-state index is 0.195. The summed E-state index contributed by atoms with van der Waals surface area (Å²) in [6, 6.07) is 8.72. The summed E-state index contributed by atoms with van der Waals surface area (Å²) in [6.45, 7) is 4.76. The molecule has 1 aliphatic rings. The highest BCUT2D eigenvalue weighted by atomic mass is 16.2. The van der Waals surface area contributed by atoms with Crippen LogP contribution in [-0.2, 0) is 11.2 Å². The van der Waals surface area contributed by atoms with Crippen LogP contribution in [0.5, 0.6) is 0 Å². The summed E-state index contributed by atoms with van der Waals surface area (Å²) in [7, 11) is 0. The lowest BCUT2D eigenvalue weighted by molar-refractivity contribution is -0.132. The van der Waals surface area contributed by atoms with Crippen molar-refractivity contribution in [2.45, 2.75) is 52.0 Å². The molecule has 1 amide bonds. The van der Waals surface area contributed by atoms with Gasteiger partial charge in [-0.3, -0.25) is 4.79 Å². The molecule has 2 heterocycles. The molecule has 0 spiro atoms. The average Bonchev–Trinajstić information content (AvgIpc) is 2.86. The molecule has 0 radical (unpaired) electrons. The van der Waals surface area contributed by atoms with Crippen LogP contribution in [0.15, 0.2) is 24.3 Å². The largest absolute Gasteiger partial charge is 0.356 e. The van der Waals surface area contributed by atoms with Gasteiger partial charge < -0.3 is 9.88 Å². The van der Waals surface area contributed by atoms with Gasteiger partial charge in [0, 0.05) is 30.1 Å². The van der Waals surface area contributed by atoms with Crippen LogP contribution in [0.1, 0.15) is 56.8 Å². The Balaban J connectivity index is 1.99. The zero-order valence-corrected chi connectivity index (χ0v) is 13.0. The van der Waals surface area contributed by atoms with Crippen molar-refractivity contribution in [3.8, 4) is 0 Å². The summed E-state index contributed by atoms with van der Waals surface area (Å²) < 4.78 is 0. The van der Waals surface area contributed by atoms with Crippen molar-refractivity contribution in [2.24, 2.45) is 0 Å². The molecule has 112 valence electrons. The highest BCUT2D eigenvalue weighted by molar-refractivity contribution is 5.86. The van der Waals surface area contributed by atoms with E-state index >= 15 is 0 Å². The Morgan fingerprint density at radius 1 is 1.33 bits per heavy atom. The normalized spacial score (nSPS) is 18.0. The SMILES string of the molecule is CCCCCC1c2[nH]c3ccccc3c2CCN1C(C)=O. The van der Waals surface area contributed by atoms with Gasteiger partial charge in [-0.25, -0.2) is 0 Å². The number of aromatic amines is 1. The van der Waals surface area contributed by atoms with E-state index in [1.165, 1.54) is 41.4 Å². The third kappa shape index (κ3) is 2.57. The monoisotopic (exact) mass is 284 g/mol. The summed E-state index contributed by atoms with van der Waals surface area (Å²) in [5.74, 6) is 0.195. The van der Waals surface area contributed by atoms with Crippen molar-refractivity contribution in [2.75, 3.05) is 6.54 Å². The van der Waals surface area contributed by atoms with Gasteiger partial charge in [-0.05, 0) is 24.5 Å². The van der Waals surface area contributed by atoms with Crippen LogP contribution >= 0.6 is 0 Å². The number of benzene rings is 1. The maximum absolute atomic E-state index is 12.0. The van der Waals surface area contributed by atoms with Crippen molar-refractivity contribution in [3.63, 3.8) is 0 Å². The predicted octanol–water partition coefficient (Wildman–Crippen LogP) is 4.19. The fourth-order valence-corrected chi connectivity index (χ4v) is 3.58. The minimum atomic E-state index is 0.195. The number of nitrogens with zero attached hydrogens (tertiary/aromatic N) is 1. The Labute approximate surface area is 126 Å². The van der Waals surface area contributed by atoms with Gasteiger partial charge in [0.25, 0.3) is 0 Å². The molecule has 0 bridgehead atoms. The average molecular weight is 284 g/mol. The van der Waals surface area contributed by atoms with E-state index in [2.05, 4.69) is 36.2 Å². The number of unbranched alkanes of at least 4 members (excludes halogenated alkanes) is 2. The standard InChI is InChI=1S/C18H24N2O/c1-3-4-5-10-17-18-15(11-12-20(17)13(2)21)14-8-6-7-9-16(14)19-18/h6-9,17,19H,3-5,10-12H2,1-2H3. The molecule has 3 nitrogen and oxygen atoms in total. The second-order valence-electron chi connectivity index (χ2n) is 6.04. The summed E-state index contributed by atoms with van der Waals surface area (Å²) in [6.07, 6.45) is 5.65. The quantitative estimate of drug-likeness (QED) is 0.839. The van der Waals surface area contributed by atoms with Crippen molar-refractivity contribution in [1.29, 1.82) is 0 Å². The van der Waals surface area contributed by atoms with Gasteiger partial charge >= 0.3 is 0 Å². The first-order valence-corrected chi connectivity index (χ1v) is 8.09. The first-order chi connectivity index (χ1) is 10.2. The lowest BCUT2D eigenvalue weighted by Crippen LogP contribution is -2.38. The smallest absolute Gasteiger partial charge is 0.220 e. The third-order valence-electron chi connectivity index (χ3n) is 4.64. The fraction of sp³-hybridized carbons (Fsp3) is 0.500. The molecule has 1 aromatic heterocycles. The van der Waals surface area contributed by atoms with Crippen molar-refractivity contribution in [1.82, 2.24) is 9.88 Å². The molecule has 3 rings (SSSR count). The Kier molecular flexibility index (Phi) is 4.00. The third-order valence-corrected chi connectivity index (χ3v) is 4.64. The maximum Gasteiger partial charge on any atom is 0.220 e. The molecule has 1 atom stereocenters. The molecular formula is C18H24N2O. The van der Waals surface area contributed by atoms with Crippen molar-refractivity contribution >= 4 is 16.8 Å². The highest BCUT2D eigenvalue weighted by Crippen LogP contribution is 2.37. The topological polar surface area (TPSA) is 36.1 Å². The van der Waals surface area contributed by atoms with Gasteiger partial charge in [0.05, 0.1) is 6.04 Å². The maximum atomic E-state index is 12.0. The molecule has 0 aliphatic carbocycles. The molecule has 0 saturated heterocycles. The lowest BCUT2D eigenvalue weighted by atomic mass is 9.93. The number of amides is 1. The van der Waals surface area contributed by atoms with Gasteiger partial charge in [0.15, 0.2) is 0 Å². The fourth-order valence-electron chi connectivity index (χ4n) is 3.58. The molecule has 0 fully saturated rings. The number of rotatable bonds is 4. The van der Waals surface area contributed by atoms with E-state index < -0.39 is 0 Å². The van der Waals surface area contributed by atoms with Gasteiger partial charge in [-0.1, -0.05) is 44.4 Å². The molecule has 21 heavy (non-hydrogen) atoms. The van der Waals surface area contributed by atoms with Crippen molar-refractivity contribution in [3.05, 3.63) is 35.5 Å². The Morgan fingerprint density at radius 2 is 2.14 bits per heavy atom. The first-order valence-electron chi connectivity index (χ1n) is 8.09. The van der Waals surface area contributed by atoms with Gasteiger partial charge in [0.2, 0.25) is 5.91 Å². The molecule has 3 heteroatoms. The van der Waals surface area contributed by atoms with Crippen LogP contribution in [0, 0.1) is 0 Å². The molecule has 1 aliphatic heterocycles. The number of para-hydroxylation sites is 1. The molecule has 1 unspecified atom stereocenters. The highest BCUT2D eigenvalue weighted by Gasteiger charge is 2.31. The van der Waals surface area contributed by atoms with E-state index in [0.717, 1.165) is 19.4 Å². The van der Waals surface area contributed by atoms with Crippen LogP contribution in [0.2, 0.25) is 0 Å². The number of aromatic nitrogens is 1. The first kappa shape index (κ1) is 14.2. The van der Waals surface area contributed by atoms with Gasteiger partial charge in [0.1, 0.15) is 0 Å². The number of nitrogens with one attached hydrogen (secondary N) is 1. The second kappa shape index (κ2) is 5.92. The van der Waals surface area contributed by atoms with Crippen LogP contribution in [0.25, 0.3) is 10.9 Å². The summed E-state index contributed by atoms with van der Waals surface area (Å²) in [5, 5.41) is 1.33. The van der Waals surface area contributed by atoms with E-state index in [0.29, 0.717) is 0 Å². The van der Waals surface area contributed by atoms with Gasteiger partial charge in [-0.15, -0.1) is 0 Å². The Hall–Kier alpha value is -1.77. The number of carbonyl (C=O) groups excluding carboxylic acids is 1. The van der Waals surface area contributed by atoms with Gasteiger partial charge in [-0.2, -0.15) is 0 Å². The van der Waals surface area contributed by atoms with E-state index in [4.69, 9.17) is 0 Å². The number of hydrogen-bond donors (Lipinski definition) is 1.